The van der Waals surface area contributed by atoms with Gasteiger partial charge in [0.2, 0.25) is 0 Å². The highest BCUT2D eigenvalue weighted by Crippen LogP contribution is 1.93. The maximum atomic E-state index is 11.1. The Labute approximate surface area is 80.2 Å². The molecule has 0 saturated heterocycles. The molecule has 0 spiro atoms. The molecule has 76 valence electrons. The Kier molecular flexibility index (Phi) is 6.02. The van der Waals surface area contributed by atoms with Gasteiger partial charge in [-0.15, -0.1) is 0 Å². The topological polar surface area (TPSA) is 38.3 Å². The second-order valence-electron chi connectivity index (χ2n) is 3.24. The molecule has 0 aromatic heterocycles. The van der Waals surface area contributed by atoms with Crippen LogP contribution in [-0.2, 0) is 9.53 Å². The standard InChI is InChI=1S/C10H19NO2/c1-5-6-11-9(4)7-10(12)13-8(2)3/h7-8,11H,5-6H2,1-4H3/b9-7+. The molecule has 0 aromatic carbocycles. The molecule has 0 rings (SSSR count). The molecule has 0 saturated carbocycles. The largest absolute Gasteiger partial charge is 0.460 e. The van der Waals surface area contributed by atoms with Crippen LogP contribution in [0, 0.1) is 0 Å². The third kappa shape index (κ3) is 7.37. The van der Waals surface area contributed by atoms with Gasteiger partial charge in [0.25, 0.3) is 0 Å². The third-order valence-electron chi connectivity index (χ3n) is 1.34. The molecule has 0 aromatic rings. The summed E-state index contributed by atoms with van der Waals surface area (Å²) in [7, 11) is 0. The Balaban J connectivity index is 3.84. The highest BCUT2D eigenvalue weighted by Gasteiger charge is 2.01. The zero-order chi connectivity index (χ0) is 10.3. The molecule has 0 radical (unpaired) electrons. The molecule has 3 nitrogen and oxygen atoms in total. The van der Waals surface area contributed by atoms with Gasteiger partial charge in [-0.1, -0.05) is 6.92 Å². The van der Waals surface area contributed by atoms with Gasteiger partial charge < -0.3 is 10.1 Å². The van der Waals surface area contributed by atoms with Crippen LogP contribution in [0.1, 0.15) is 34.1 Å². The van der Waals surface area contributed by atoms with Crippen molar-refractivity contribution in [3.05, 3.63) is 11.8 Å². The molecule has 0 bridgehead atoms. The van der Waals surface area contributed by atoms with Gasteiger partial charge in [-0.3, -0.25) is 0 Å². The number of allylic oxidation sites excluding steroid dienone is 1. The van der Waals surface area contributed by atoms with Crippen LogP contribution in [0.3, 0.4) is 0 Å². The predicted octanol–water partition coefficient (Wildman–Crippen LogP) is 1.84. The molecule has 0 unspecified atom stereocenters. The molecule has 3 heteroatoms. The van der Waals surface area contributed by atoms with Crippen molar-refractivity contribution in [3.8, 4) is 0 Å². The van der Waals surface area contributed by atoms with E-state index in [1.165, 1.54) is 6.08 Å². The fourth-order valence-corrected chi connectivity index (χ4v) is 0.816. The van der Waals surface area contributed by atoms with Crippen LogP contribution in [0.4, 0.5) is 0 Å². The van der Waals surface area contributed by atoms with E-state index in [9.17, 15) is 4.79 Å². The number of nitrogens with one attached hydrogen (secondary N) is 1. The molecule has 0 aliphatic carbocycles. The summed E-state index contributed by atoms with van der Waals surface area (Å²) in [5.41, 5.74) is 0.854. The lowest BCUT2D eigenvalue weighted by Crippen LogP contribution is -2.15. The summed E-state index contributed by atoms with van der Waals surface area (Å²) in [6, 6.07) is 0. The van der Waals surface area contributed by atoms with Gasteiger partial charge in [-0.25, -0.2) is 4.79 Å². The van der Waals surface area contributed by atoms with Crippen LogP contribution >= 0.6 is 0 Å². The lowest BCUT2D eigenvalue weighted by atomic mass is 10.4. The summed E-state index contributed by atoms with van der Waals surface area (Å²) in [5.74, 6) is -0.281. The Bertz CT molecular complexity index is 185. The van der Waals surface area contributed by atoms with Crippen LogP contribution in [0.25, 0.3) is 0 Å². The Morgan fingerprint density at radius 3 is 2.62 bits per heavy atom. The van der Waals surface area contributed by atoms with Crippen molar-refractivity contribution in [1.29, 1.82) is 0 Å². The van der Waals surface area contributed by atoms with Crippen molar-refractivity contribution in [2.24, 2.45) is 0 Å². The van der Waals surface area contributed by atoms with Crippen molar-refractivity contribution in [2.45, 2.75) is 40.2 Å². The first-order chi connectivity index (χ1) is 6.06. The van der Waals surface area contributed by atoms with Gasteiger partial charge in [0.1, 0.15) is 0 Å². The highest BCUT2D eigenvalue weighted by atomic mass is 16.5. The molecule has 0 amide bonds. The fourth-order valence-electron chi connectivity index (χ4n) is 0.816. The maximum absolute atomic E-state index is 11.1. The summed E-state index contributed by atoms with van der Waals surface area (Å²) in [6.07, 6.45) is 2.47. The molecule has 0 aliphatic rings. The summed E-state index contributed by atoms with van der Waals surface area (Å²) in [4.78, 5) is 11.1. The van der Waals surface area contributed by atoms with Crippen molar-refractivity contribution < 1.29 is 9.53 Å². The molecule has 0 aliphatic heterocycles. The van der Waals surface area contributed by atoms with Crippen LogP contribution in [0.15, 0.2) is 11.8 Å². The van der Waals surface area contributed by atoms with Crippen LogP contribution < -0.4 is 5.32 Å². The van der Waals surface area contributed by atoms with E-state index in [1.54, 1.807) is 0 Å². The van der Waals surface area contributed by atoms with E-state index < -0.39 is 0 Å². The van der Waals surface area contributed by atoms with E-state index in [2.05, 4.69) is 12.2 Å². The van der Waals surface area contributed by atoms with E-state index in [0.29, 0.717) is 0 Å². The number of ether oxygens (including phenoxy) is 1. The zero-order valence-corrected chi connectivity index (χ0v) is 8.89. The monoisotopic (exact) mass is 185 g/mol. The lowest BCUT2D eigenvalue weighted by Gasteiger charge is -2.07. The fraction of sp³-hybridized carbons (Fsp3) is 0.700. The quantitative estimate of drug-likeness (QED) is 0.524. The minimum absolute atomic E-state index is 0.0530. The smallest absolute Gasteiger partial charge is 0.332 e. The van der Waals surface area contributed by atoms with E-state index in [0.717, 1.165) is 18.7 Å². The molecular formula is C10H19NO2. The number of esters is 1. The van der Waals surface area contributed by atoms with Gasteiger partial charge in [-0.2, -0.15) is 0 Å². The maximum Gasteiger partial charge on any atom is 0.332 e. The average Bonchev–Trinajstić information content (AvgIpc) is 1.98. The molecule has 0 heterocycles. The number of carbonyl (C=O) groups excluding carboxylic acids is 1. The normalized spacial score (nSPS) is 11.6. The summed E-state index contributed by atoms with van der Waals surface area (Å²) < 4.78 is 4.95. The molecule has 0 atom stereocenters. The average molecular weight is 185 g/mol. The van der Waals surface area contributed by atoms with Gasteiger partial charge >= 0.3 is 5.97 Å². The van der Waals surface area contributed by atoms with Crippen molar-refractivity contribution in [3.63, 3.8) is 0 Å². The zero-order valence-electron chi connectivity index (χ0n) is 8.89. The van der Waals surface area contributed by atoms with Gasteiger partial charge in [0.15, 0.2) is 0 Å². The summed E-state index contributed by atoms with van der Waals surface area (Å²) in [6.45, 7) is 8.49. The number of rotatable bonds is 5. The predicted molar refractivity (Wildman–Crippen MR) is 53.3 cm³/mol. The number of carbonyl (C=O) groups is 1. The Morgan fingerprint density at radius 2 is 2.15 bits per heavy atom. The highest BCUT2D eigenvalue weighted by molar-refractivity contribution is 5.82. The SMILES string of the molecule is CCCN/C(C)=C/C(=O)OC(C)C. The van der Waals surface area contributed by atoms with Crippen molar-refractivity contribution in [1.82, 2.24) is 5.32 Å². The van der Waals surface area contributed by atoms with Crippen LogP contribution in [0.5, 0.6) is 0 Å². The lowest BCUT2D eigenvalue weighted by molar-refractivity contribution is -0.141. The second kappa shape index (κ2) is 6.52. The number of hydrogen-bond acceptors (Lipinski definition) is 3. The van der Waals surface area contributed by atoms with E-state index in [4.69, 9.17) is 4.74 Å². The van der Waals surface area contributed by atoms with Gasteiger partial charge in [0.05, 0.1) is 6.10 Å². The molecular weight excluding hydrogens is 166 g/mol. The second-order valence-corrected chi connectivity index (χ2v) is 3.24. The van der Waals surface area contributed by atoms with Crippen molar-refractivity contribution in [2.75, 3.05) is 6.54 Å². The minimum atomic E-state index is -0.281. The molecule has 1 N–H and O–H groups in total. The van der Waals surface area contributed by atoms with Crippen molar-refractivity contribution >= 4 is 5.97 Å². The first kappa shape index (κ1) is 12.0. The number of hydrogen-bond donors (Lipinski definition) is 1. The van der Waals surface area contributed by atoms with Crippen LogP contribution in [0.2, 0.25) is 0 Å². The summed E-state index contributed by atoms with van der Waals surface area (Å²) in [5, 5.41) is 3.10. The molecule has 13 heavy (non-hydrogen) atoms. The summed E-state index contributed by atoms with van der Waals surface area (Å²) >= 11 is 0. The van der Waals surface area contributed by atoms with Gasteiger partial charge in [-0.05, 0) is 27.2 Å². The van der Waals surface area contributed by atoms with Crippen LogP contribution in [-0.4, -0.2) is 18.6 Å². The minimum Gasteiger partial charge on any atom is -0.460 e. The van der Waals surface area contributed by atoms with E-state index in [-0.39, 0.29) is 12.1 Å². The Morgan fingerprint density at radius 1 is 1.54 bits per heavy atom. The first-order valence-electron chi connectivity index (χ1n) is 4.69. The van der Waals surface area contributed by atoms with Gasteiger partial charge in [0, 0.05) is 18.3 Å². The Hall–Kier alpha value is -0.990. The third-order valence-corrected chi connectivity index (χ3v) is 1.34. The molecule has 0 fully saturated rings. The first-order valence-corrected chi connectivity index (χ1v) is 4.69. The van der Waals surface area contributed by atoms with E-state index >= 15 is 0 Å². The van der Waals surface area contributed by atoms with E-state index in [1.807, 2.05) is 20.8 Å².